The number of methoxy groups -OCH3 is 1. The van der Waals surface area contributed by atoms with Gasteiger partial charge in [-0.25, -0.2) is 4.98 Å². The van der Waals surface area contributed by atoms with Gasteiger partial charge in [0, 0.05) is 17.4 Å². The standard InChI is InChI=1S/C18H14BrN3O2/c1-11-17(16(23)8-19)18-15(7-14(24-2)10-21-18)22(11)13-5-3-12(9-20)4-6-13/h3-7,10H,8H2,1-2H3. The number of fused-ring (bicyclic) bond motifs is 1. The number of ketones is 1. The molecule has 0 saturated heterocycles. The second-order valence-electron chi connectivity index (χ2n) is 5.25. The number of carbonyl (C=O) groups excluding carboxylic acids is 1. The molecule has 24 heavy (non-hydrogen) atoms. The van der Waals surface area contributed by atoms with Gasteiger partial charge in [-0.05, 0) is 31.2 Å². The Kier molecular flexibility index (Phi) is 4.36. The number of pyridine rings is 1. The number of nitrogens with zero attached hydrogens (tertiary/aromatic N) is 3. The first-order valence-electron chi connectivity index (χ1n) is 7.25. The molecule has 0 saturated carbocycles. The maximum absolute atomic E-state index is 12.4. The van der Waals surface area contributed by atoms with Crippen LogP contribution in [-0.4, -0.2) is 27.8 Å². The Balaban J connectivity index is 2.34. The molecule has 2 aromatic heterocycles. The lowest BCUT2D eigenvalue weighted by Crippen LogP contribution is -2.04. The Morgan fingerprint density at radius 2 is 2.08 bits per heavy atom. The second-order valence-corrected chi connectivity index (χ2v) is 5.81. The van der Waals surface area contributed by atoms with Crippen molar-refractivity contribution in [1.82, 2.24) is 9.55 Å². The number of halogens is 1. The molecule has 3 aromatic rings. The summed E-state index contributed by atoms with van der Waals surface area (Å²) in [5, 5.41) is 9.20. The van der Waals surface area contributed by atoms with Gasteiger partial charge in [-0.15, -0.1) is 0 Å². The monoisotopic (exact) mass is 383 g/mol. The average Bonchev–Trinajstić information content (AvgIpc) is 2.92. The molecule has 0 N–H and O–H groups in total. The van der Waals surface area contributed by atoms with Gasteiger partial charge in [0.2, 0.25) is 0 Å². The molecule has 0 radical (unpaired) electrons. The number of rotatable bonds is 4. The number of aromatic nitrogens is 2. The average molecular weight is 384 g/mol. The Labute approximate surface area is 147 Å². The summed E-state index contributed by atoms with van der Waals surface area (Å²) in [5.41, 5.74) is 4.28. The summed E-state index contributed by atoms with van der Waals surface area (Å²) in [6.07, 6.45) is 1.61. The van der Waals surface area contributed by atoms with Crippen LogP contribution in [0.5, 0.6) is 5.75 Å². The normalized spacial score (nSPS) is 10.6. The first-order chi connectivity index (χ1) is 11.6. The van der Waals surface area contributed by atoms with E-state index >= 15 is 0 Å². The summed E-state index contributed by atoms with van der Waals surface area (Å²) in [5.74, 6) is 0.593. The van der Waals surface area contributed by atoms with E-state index in [-0.39, 0.29) is 11.1 Å². The minimum absolute atomic E-state index is 0.0254. The number of hydrogen-bond acceptors (Lipinski definition) is 4. The van der Waals surface area contributed by atoms with Crippen LogP contribution in [0.25, 0.3) is 16.7 Å². The second kappa shape index (κ2) is 6.46. The molecule has 0 aliphatic rings. The predicted molar refractivity (Wildman–Crippen MR) is 95.2 cm³/mol. The van der Waals surface area contributed by atoms with E-state index in [1.807, 2.05) is 29.7 Å². The number of hydrogen-bond donors (Lipinski definition) is 0. The van der Waals surface area contributed by atoms with Gasteiger partial charge in [0.05, 0.1) is 46.9 Å². The molecule has 0 aliphatic heterocycles. The fourth-order valence-electron chi connectivity index (χ4n) is 2.79. The van der Waals surface area contributed by atoms with Crippen LogP contribution in [0.15, 0.2) is 36.5 Å². The van der Waals surface area contributed by atoms with E-state index in [2.05, 4.69) is 27.0 Å². The molecule has 120 valence electrons. The summed E-state index contributed by atoms with van der Waals surface area (Å²) < 4.78 is 7.23. The van der Waals surface area contributed by atoms with Crippen molar-refractivity contribution < 1.29 is 9.53 Å². The summed E-state index contributed by atoms with van der Waals surface area (Å²) in [6.45, 7) is 1.89. The van der Waals surface area contributed by atoms with Crippen LogP contribution >= 0.6 is 15.9 Å². The van der Waals surface area contributed by atoms with Gasteiger partial charge in [-0.3, -0.25) is 4.79 Å². The molecule has 6 heteroatoms. The molecule has 1 aromatic carbocycles. The highest BCUT2D eigenvalue weighted by atomic mass is 79.9. The van der Waals surface area contributed by atoms with Gasteiger partial charge in [0.1, 0.15) is 5.75 Å². The van der Waals surface area contributed by atoms with Crippen LogP contribution in [0.2, 0.25) is 0 Å². The highest BCUT2D eigenvalue weighted by Crippen LogP contribution is 2.30. The third kappa shape index (κ3) is 2.57. The molecule has 0 amide bonds. The highest BCUT2D eigenvalue weighted by molar-refractivity contribution is 9.09. The number of Topliss-reactive ketones (excluding diaryl/α,β-unsaturated/α-hetero) is 1. The maximum Gasteiger partial charge on any atom is 0.177 e. The lowest BCUT2D eigenvalue weighted by molar-refractivity contribution is 0.102. The largest absolute Gasteiger partial charge is 0.495 e. The Hall–Kier alpha value is -2.65. The van der Waals surface area contributed by atoms with E-state index in [9.17, 15) is 4.79 Å². The van der Waals surface area contributed by atoms with Crippen LogP contribution in [0.4, 0.5) is 0 Å². The Morgan fingerprint density at radius 3 is 2.67 bits per heavy atom. The van der Waals surface area contributed by atoms with Gasteiger partial charge in [0.15, 0.2) is 5.78 Å². The van der Waals surface area contributed by atoms with E-state index in [0.29, 0.717) is 22.4 Å². The molecule has 0 bridgehead atoms. The molecule has 0 fully saturated rings. The zero-order valence-corrected chi connectivity index (χ0v) is 14.8. The molecule has 2 heterocycles. The van der Waals surface area contributed by atoms with Crippen molar-refractivity contribution in [2.24, 2.45) is 0 Å². The fourth-order valence-corrected chi connectivity index (χ4v) is 3.07. The van der Waals surface area contributed by atoms with Crippen molar-refractivity contribution in [2.75, 3.05) is 12.4 Å². The van der Waals surface area contributed by atoms with Gasteiger partial charge >= 0.3 is 0 Å². The smallest absolute Gasteiger partial charge is 0.177 e. The van der Waals surface area contributed by atoms with Crippen LogP contribution in [0.1, 0.15) is 21.6 Å². The number of carbonyl (C=O) groups is 1. The molecule has 0 aliphatic carbocycles. The quantitative estimate of drug-likeness (QED) is 0.507. The number of benzene rings is 1. The molecule has 5 nitrogen and oxygen atoms in total. The minimum atomic E-state index is -0.0254. The SMILES string of the molecule is COc1cnc2c(C(=O)CBr)c(C)n(-c3ccc(C#N)cc3)c2c1. The van der Waals surface area contributed by atoms with Gasteiger partial charge in [-0.1, -0.05) is 15.9 Å². The van der Waals surface area contributed by atoms with Crippen LogP contribution < -0.4 is 4.74 Å². The molecular formula is C18H14BrN3O2. The van der Waals surface area contributed by atoms with Crippen molar-refractivity contribution in [3.63, 3.8) is 0 Å². The number of alkyl halides is 1. The summed E-state index contributed by atoms with van der Waals surface area (Å²) in [6, 6.07) is 11.2. The molecule has 0 atom stereocenters. The predicted octanol–water partition coefficient (Wildman–Crippen LogP) is 3.79. The lowest BCUT2D eigenvalue weighted by Gasteiger charge is -2.09. The lowest BCUT2D eigenvalue weighted by atomic mass is 10.1. The third-order valence-corrected chi connectivity index (χ3v) is 4.42. The number of nitriles is 1. The zero-order valence-electron chi connectivity index (χ0n) is 13.2. The fraction of sp³-hybridized carbons (Fsp3) is 0.167. The molecule has 3 rings (SSSR count). The third-order valence-electron chi connectivity index (χ3n) is 3.91. The van der Waals surface area contributed by atoms with Crippen molar-refractivity contribution in [1.29, 1.82) is 5.26 Å². The van der Waals surface area contributed by atoms with E-state index in [0.717, 1.165) is 16.9 Å². The topological polar surface area (TPSA) is 67.9 Å². The number of ether oxygens (including phenoxy) is 1. The van der Waals surface area contributed by atoms with E-state index in [1.54, 1.807) is 25.4 Å². The van der Waals surface area contributed by atoms with Crippen molar-refractivity contribution in [2.45, 2.75) is 6.92 Å². The van der Waals surface area contributed by atoms with Crippen molar-refractivity contribution in [3.05, 3.63) is 53.3 Å². The van der Waals surface area contributed by atoms with Crippen molar-refractivity contribution >= 4 is 32.7 Å². The first kappa shape index (κ1) is 16.2. The zero-order chi connectivity index (χ0) is 17.3. The van der Waals surface area contributed by atoms with Crippen LogP contribution in [0.3, 0.4) is 0 Å². The van der Waals surface area contributed by atoms with E-state index < -0.39 is 0 Å². The van der Waals surface area contributed by atoms with Crippen LogP contribution in [0, 0.1) is 18.3 Å². The summed E-state index contributed by atoms with van der Waals surface area (Å²) in [7, 11) is 1.58. The highest BCUT2D eigenvalue weighted by Gasteiger charge is 2.21. The van der Waals surface area contributed by atoms with Gasteiger partial charge in [0.25, 0.3) is 0 Å². The maximum atomic E-state index is 12.4. The Bertz CT molecular complexity index is 969. The molecule has 0 spiro atoms. The Morgan fingerprint density at radius 1 is 1.38 bits per heavy atom. The van der Waals surface area contributed by atoms with Gasteiger partial charge < -0.3 is 9.30 Å². The van der Waals surface area contributed by atoms with Crippen molar-refractivity contribution in [3.8, 4) is 17.5 Å². The van der Waals surface area contributed by atoms with E-state index in [4.69, 9.17) is 10.00 Å². The summed E-state index contributed by atoms with van der Waals surface area (Å²) in [4.78, 5) is 16.8. The van der Waals surface area contributed by atoms with Gasteiger partial charge in [-0.2, -0.15) is 5.26 Å². The first-order valence-corrected chi connectivity index (χ1v) is 8.37. The minimum Gasteiger partial charge on any atom is -0.495 e. The molecular weight excluding hydrogens is 370 g/mol. The van der Waals surface area contributed by atoms with Crippen LogP contribution in [-0.2, 0) is 0 Å². The van der Waals surface area contributed by atoms with E-state index in [1.165, 1.54) is 0 Å². The summed E-state index contributed by atoms with van der Waals surface area (Å²) >= 11 is 3.24. The molecule has 0 unspecified atom stereocenters.